The minimum Gasteiger partial charge on any atom is -0.356 e. The molecule has 0 radical (unpaired) electrons. The Balaban J connectivity index is 1.50. The minimum absolute atomic E-state index is 0.0236. The Hall–Kier alpha value is -2.44. The van der Waals surface area contributed by atoms with E-state index in [0.717, 1.165) is 31.6 Å². The molecule has 24 heavy (non-hydrogen) atoms. The third kappa shape index (κ3) is 2.86. The SMILES string of the molecule is Cn1cnc(N2CCC(n3nc(C4CC4)ccc3=O)CC2)cc1=O. The van der Waals surface area contributed by atoms with Crippen molar-refractivity contribution in [1.82, 2.24) is 19.3 Å². The molecule has 0 N–H and O–H groups in total. The number of aromatic nitrogens is 4. The Labute approximate surface area is 139 Å². The molecule has 7 heteroatoms. The first-order valence-corrected chi connectivity index (χ1v) is 8.49. The lowest BCUT2D eigenvalue weighted by atomic mass is 10.1. The van der Waals surface area contributed by atoms with E-state index in [1.165, 1.54) is 17.4 Å². The van der Waals surface area contributed by atoms with Gasteiger partial charge in [-0.2, -0.15) is 5.10 Å². The lowest BCUT2D eigenvalue weighted by molar-refractivity contribution is 0.349. The van der Waals surface area contributed by atoms with Crippen molar-refractivity contribution in [2.45, 2.75) is 37.6 Å². The molecule has 0 spiro atoms. The van der Waals surface area contributed by atoms with Crippen LogP contribution in [0, 0.1) is 0 Å². The van der Waals surface area contributed by atoms with Crippen LogP contribution in [0.25, 0.3) is 0 Å². The highest BCUT2D eigenvalue weighted by Gasteiger charge is 2.28. The van der Waals surface area contributed by atoms with Crippen molar-refractivity contribution in [3.05, 3.63) is 50.9 Å². The minimum atomic E-state index is -0.0582. The molecule has 2 fully saturated rings. The van der Waals surface area contributed by atoms with E-state index in [1.54, 1.807) is 30.2 Å². The van der Waals surface area contributed by atoms with Crippen LogP contribution in [0.4, 0.5) is 5.82 Å². The average molecular weight is 327 g/mol. The van der Waals surface area contributed by atoms with Crippen molar-refractivity contribution in [2.75, 3.05) is 18.0 Å². The molecule has 126 valence electrons. The predicted octanol–water partition coefficient (Wildman–Crippen LogP) is 1.06. The van der Waals surface area contributed by atoms with E-state index in [2.05, 4.69) is 15.0 Å². The van der Waals surface area contributed by atoms with Crippen molar-refractivity contribution in [1.29, 1.82) is 0 Å². The summed E-state index contributed by atoms with van der Waals surface area (Å²) < 4.78 is 3.13. The molecule has 1 saturated heterocycles. The summed E-state index contributed by atoms with van der Waals surface area (Å²) in [6.45, 7) is 1.54. The van der Waals surface area contributed by atoms with Crippen LogP contribution in [0.3, 0.4) is 0 Å². The Morgan fingerprint density at radius 3 is 2.46 bits per heavy atom. The van der Waals surface area contributed by atoms with Crippen molar-refractivity contribution >= 4 is 5.82 Å². The van der Waals surface area contributed by atoms with E-state index in [0.29, 0.717) is 11.7 Å². The van der Waals surface area contributed by atoms with Crippen LogP contribution in [-0.2, 0) is 7.05 Å². The predicted molar refractivity (Wildman–Crippen MR) is 90.4 cm³/mol. The van der Waals surface area contributed by atoms with Gasteiger partial charge in [0.15, 0.2) is 0 Å². The highest BCUT2D eigenvalue weighted by Crippen LogP contribution is 2.38. The van der Waals surface area contributed by atoms with E-state index in [-0.39, 0.29) is 17.2 Å². The maximum Gasteiger partial charge on any atom is 0.267 e. The molecule has 7 nitrogen and oxygen atoms in total. The Kier molecular flexibility index (Phi) is 3.70. The molecule has 0 bridgehead atoms. The molecule has 0 unspecified atom stereocenters. The van der Waals surface area contributed by atoms with Gasteiger partial charge in [-0.3, -0.25) is 9.59 Å². The van der Waals surface area contributed by atoms with Gasteiger partial charge in [0.1, 0.15) is 5.82 Å². The summed E-state index contributed by atoms with van der Waals surface area (Å²) in [6.07, 6.45) is 5.57. The first-order chi connectivity index (χ1) is 11.6. The van der Waals surface area contributed by atoms with Crippen molar-refractivity contribution in [3.63, 3.8) is 0 Å². The zero-order chi connectivity index (χ0) is 16.7. The molecule has 3 heterocycles. The van der Waals surface area contributed by atoms with Crippen LogP contribution in [0.15, 0.2) is 34.1 Å². The molecule has 2 aliphatic rings. The lowest BCUT2D eigenvalue weighted by Gasteiger charge is -2.33. The second-order valence-electron chi connectivity index (χ2n) is 6.73. The normalized spacial score (nSPS) is 18.8. The monoisotopic (exact) mass is 327 g/mol. The van der Waals surface area contributed by atoms with Gasteiger partial charge < -0.3 is 9.47 Å². The van der Waals surface area contributed by atoms with Crippen LogP contribution >= 0.6 is 0 Å². The summed E-state index contributed by atoms with van der Waals surface area (Å²) in [5, 5.41) is 4.60. The van der Waals surface area contributed by atoms with E-state index in [1.807, 2.05) is 6.07 Å². The van der Waals surface area contributed by atoms with Crippen LogP contribution in [0.5, 0.6) is 0 Å². The average Bonchev–Trinajstić information content (AvgIpc) is 3.43. The first kappa shape index (κ1) is 15.1. The van der Waals surface area contributed by atoms with E-state index in [9.17, 15) is 9.59 Å². The Morgan fingerprint density at radius 2 is 1.79 bits per heavy atom. The largest absolute Gasteiger partial charge is 0.356 e. The number of hydrogen-bond donors (Lipinski definition) is 0. The van der Waals surface area contributed by atoms with Gasteiger partial charge in [-0.15, -0.1) is 0 Å². The Morgan fingerprint density at radius 1 is 1.04 bits per heavy atom. The zero-order valence-electron chi connectivity index (χ0n) is 13.8. The van der Waals surface area contributed by atoms with Gasteiger partial charge in [0.05, 0.1) is 18.1 Å². The van der Waals surface area contributed by atoms with E-state index >= 15 is 0 Å². The lowest BCUT2D eigenvalue weighted by Crippen LogP contribution is -2.39. The van der Waals surface area contributed by atoms with Gasteiger partial charge in [0.25, 0.3) is 11.1 Å². The van der Waals surface area contributed by atoms with Gasteiger partial charge in [-0.05, 0) is 31.7 Å². The molecule has 0 amide bonds. The summed E-state index contributed by atoms with van der Waals surface area (Å²) in [5.41, 5.74) is 0.965. The summed E-state index contributed by atoms with van der Waals surface area (Å²) in [7, 11) is 1.69. The number of hydrogen-bond acceptors (Lipinski definition) is 5. The smallest absolute Gasteiger partial charge is 0.267 e. The maximum absolute atomic E-state index is 12.2. The molecule has 1 aliphatic carbocycles. The van der Waals surface area contributed by atoms with Gasteiger partial charge in [0.2, 0.25) is 0 Å². The molecule has 2 aromatic rings. The summed E-state index contributed by atoms with van der Waals surface area (Å²) in [6, 6.07) is 5.21. The molecular weight excluding hydrogens is 306 g/mol. The second-order valence-corrected chi connectivity index (χ2v) is 6.73. The fourth-order valence-electron chi connectivity index (χ4n) is 3.26. The van der Waals surface area contributed by atoms with Gasteiger partial charge in [-0.1, -0.05) is 0 Å². The van der Waals surface area contributed by atoms with Crippen molar-refractivity contribution < 1.29 is 0 Å². The maximum atomic E-state index is 12.2. The zero-order valence-corrected chi connectivity index (χ0v) is 13.8. The topological polar surface area (TPSA) is 73.0 Å². The summed E-state index contributed by atoms with van der Waals surface area (Å²) in [4.78, 5) is 30.4. The number of rotatable bonds is 3. The number of anilines is 1. The van der Waals surface area contributed by atoms with E-state index in [4.69, 9.17) is 0 Å². The summed E-state index contributed by atoms with van der Waals surface area (Å²) in [5.74, 6) is 1.25. The molecule has 0 atom stereocenters. The van der Waals surface area contributed by atoms with E-state index < -0.39 is 0 Å². The highest BCUT2D eigenvalue weighted by molar-refractivity contribution is 5.37. The van der Waals surface area contributed by atoms with Gasteiger partial charge >= 0.3 is 0 Å². The molecule has 2 aromatic heterocycles. The fourth-order valence-corrected chi connectivity index (χ4v) is 3.26. The van der Waals surface area contributed by atoms with Crippen LogP contribution in [0.1, 0.15) is 43.3 Å². The van der Waals surface area contributed by atoms with Crippen LogP contribution in [-0.4, -0.2) is 32.4 Å². The molecule has 0 aromatic carbocycles. The van der Waals surface area contributed by atoms with Gasteiger partial charge in [0, 0.05) is 38.2 Å². The first-order valence-electron chi connectivity index (χ1n) is 8.49. The van der Waals surface area contributed by atoms with Crippen molar-refractivity contribution in [2.24, 2.45) is 7.05 Å². The summed E-state index contributed by atoms with van der Waals surface area (Å²) >= 11 is 0. The molecule has 4 rings (SSSR count). The fraction of sp³-hybridized carbons (Fsp3) is 0.529. The number of nitrogens with zero attached hydrogens (tertiary/aromatic N) is 5. The third-order valence-corrected chi connectivity index (χ3v) is 4.94. The molecular formula is C17H21N5O2. The standard InChI is InChI=1S/C17H21N5O2/c1-20-11-18-15(10-17(20)24)21-8-6-13(7-9-21)22-16(23)5-4-14(19-22)12-2-3-12/h4-5,10-13H,2-3,6-9H2,1H3. The highest BCUT2D eigenvalue weighted by atomic mass is 16.1. The van der Waals surface area contributed by atoms with Gasteiger partial charge in [-0.25, -0.2) is 9.67 Å². The van der Waals surface area contributed by atoms with Crippen LogP contribution < -0.4 is 16.0 Å². The molecule has 1 aliphatic heterocycles. The molecule has 1 saturated carbocycles. The van der Waals surface area contributed by atoms with Crippen LogP contribution in [0.2, 0.25) is 0 Å². The third-order valence-electron chi connectivity index (χ3n) is 4.94. The second kappa shape index (κ2) is 5.89. The Bertz CT molecular complexity index is 860. The van der Waals surface area contributed by atoms with Crippen molar-refractivity contribution in [3.8, 4) is 0 Å². The number of piperidine rings is 1. The number of aryl methyl sites for hydroxylation is 1. The quantitative estimate of drug-likeness (QED) is 0.843.